The van der Waals surface area contributed by atoms with E-state index in [9.17, 15) is 19.5 Å². The van der Waals surface area contributed by atoms with Crippen molar-refractivity contribution in [3.63, 3.8) is 0 Å². The lowest BCUT2D eigenvalue weighted by Gasteiger charge is -2.40. The molecule has 3 amide bonds. The van der Waals surface area contributed by atoms with Crippen LogP contribution in [0.2, 0.25) is 0 Å². The van der Waals surface area contributed by atoms with Crippen molar-refractivity contribution in [3.05, 3.63) is 0 Å². The Balaban J connectivity index is 1.96. The Bertz CT molecular complexity index is 686. The molecule has 3 rings (SSSR count). The number of thioether (sulfide) groups is 1. The minimum Gasteiger partial charge on any atom is -0.394 e. The van der Waals surface area contributed by atoms with Gasteiger partial charge in [-0.2, -0.15) is 0 Å². The molecule has 0 aromatic rings. The molecule has 2 bridgehead atoms. The number of aliphatic hydroxyl groups is 1. The predicted molar refractivity (Wildman–Crippen MR) is 123 cm³/mol. The largest absolute Gasteiger partial charge is 0.394 e. The Morgan fingerprint density at radius 3 is 2.48 bits per heavy atom. The van der Waals surface area contributed by atoms with Gasteiger partial charge in [0.1, 0.15) is 6.04 Å². The second-order valence-electron chi connectivity index (χ2n) is 9.33. The van der Waals surface area contributed by atoms with E-state index in [1.165, 1.54) is 0 Å². The summed E-state index contributed by atoms with van der Waals surface area (Å²) in [4.78, 5) is 42.0. The van der Waals surface area contributed by atoms with Crippen LogP contribution in [0.4, 0.5) is 0 Å². The SMILES string of the molecule is CCCCCNC(=O)C1N([C@@H](CC)CO)C(=O)[C@@H]2[C@H](C(=O)NCCC)[C@@H]3CC(C)C12S3. The number of unbranched alkanes of at least 4 members (excludes halogenated alkanes) is 2. The molecule has 31 heavy (non-hydrogen) atoms. The average Bonchev–Trinajstić information content (AvgIpc) is 3.34. The Hall–Kier alpha value is -1.28. The molecule has 3 heterocycles. The molecule has 3 saturated heterocycles. The summed E-state index contributed by atoms with van der Waals surface area (Å²) in [6.45, 7) is 9.17. The van der Waals surface area contributed by atoms with E-state index in [1.54, 1.807) is 16.7 Å². The van der Waals surface area contributed by atoms with Crippen molar-refractivity contribution in [2.75, 3.05) is 19.7 Å². The Morgan fingerprint density at radius 1 is 1.16 bits per heavy atom. The maximum atomic E-state index is 13.8. The lowest BCUT2D eigenvalue weighted by Crippen LogP contribution is -2.58. The number of likely N-dealkylation sites (tertiary alicyclic amines) is 1. The number of carbonyl (C=O) groups excluding carboxylic acids is 3. The van der Waals surface area contributed by atoms with Crippen LogP contribution in [0.3, 0.4) is 0 Å². The van der Waals surface area contributed by atoms with Crippen LogP contribution >= 0.6 is 11.8 Å². The van der Waals surface area contributed by atoms with Crippen LogP contribution in [0.5, 0.6) is 0 Å². The van der Waals surface area contributed by atoms with E-state index in [2.05, 4.69) is 24.5 Å². The van der Waals surface area contributed by atoms with Gasteiger partial charge >= 0.3 is 0 Å². The zero-order valence-corrected chi connectivity index (χ0v) is 20.2. The highest BCUT2D eigenvalue weighted by Crippen LogP contribution is 2.68. The second-order valence-corrected chi connectivity index (χ2v) is 10.9. The van der Waals surface area contributed by atoms with E-state index < -0.39 is 28.7 Å². The molecule has 0 saturated carbocycles. The molecule has 0 radical (unpaired) electrons. The third-order valence-electron chi connectivity index (χ3n) is 7.44. The van der Waals surface area contributed by atoms with Gasteiger partial charge < -0.3 is 20.6 Å². The summed E-state index contributed by atoms with van der Waals surface area (Å²) >= 11 is 1.69. The van der Waals surface area contributed by atoms with Gasteiger partial charge in [-0.3, -0.25) is 14.4 Å². The van der Waals surface area contributed by atoms with Crippen LogP contribution in [0.15, 0.2) is 0 Å². The highest BCUT2D eigenvalue weighted by atomic mass is 32.2. The van der Waals surface area contributed by atoms with Gasteiger partial charge in [-0.25, -0.2) is 0 Å². The molecule has 3 aliphatic rings. The fourth-order valence-corrected chi connectivity index (χ4v) is 8.32. The van der Waals surface area contributed by atoms with Crippen LogP contribution in [-0.2, 0) is 14.4 Å². The van der Waals surface area contributed by atoms with Gasteiger partial charge in [0.25, 0.3) is 0 Å². The number of hydrogen-bond acceptors (Lipinski definition) is 5. The number of hydrogen-bond donors (Lipinski definition) is 3. The van der Waals surface area contributed by atoms with E-state index in [1.807, 2.05) is 13.8 Å². The Labute approximate surface area is 190 Å². The molecule has 7 nitrogen and oxygen atoms in total. The van der Waals surface area contributed by atoms with Gasteiger partial charge in [-0.15, -0.1) is 11.8 Å². The maximum Gasteiger partial charge on any atom is 0.244 e. The van der Waals surface area contributed by atoms with Crippen molar-refractivity contribution in [2.24, 2.45) is 17.8 Å². The normalized spacial score (nSPS) is 34.7. The van der Waals surface area contributed by atoms with Crippen LogP contribution in [0, 0.1) is 17.8 Å². The van der Waals surface area contributed by atoms with Gasteiger partial charge in [0.2, 0.25) is 17.7 Å². The predicted octanol–water partition coefficient (Wildman–Crippen LogP) is 1.93. The summed E-state index contributed by atoms with van der Waals surface area (Å²) in [6.07, 6.45) is 5.27. The lowest BCUT2D eigenvalue weighted by molar-refractivity contribution is -0.142. The van der Waals surface area contributed by atoms with E-state index in [4.69, 9.17) is 0 Å². The first-order valence-electron chi connectivity index (χ1n) is 12.0. The first-order chi connectivity index (χ1) is 14.9. The van der Waals surface area contributed by atoms with Crippen molar-refractivity contribution in [1.82, 2.24) is 15.5 Å². The molecule has 0 aromatic heterocycles. The molecule has 3 aliphatic heterocycles. The van der Waals surface area contributed by atoms with Crippen molar-refractivity contribution in [2.45, 2.75) is 88.3 Å². The van der Waals surface area contributed by atoms with Crippen molar-refractivity contribution < 1.29 is 19.5 Å². The van der Waals surface area contributed by atoms with E-state index >= 15 is 0 Å². The minimum atomic E-state index is -0.641. The number of amides is 3. The standard InChI is InChI=1S/C23H39N3O4S/c1-5-8-9-11-25-21(29)19-23-14(4)12-16(31-23)17(20(28)24-10-6-2)18(23)22(30)26(19)15(7-3)13-27/h14-19,27H,5-13H2,1-4H3,(H,24,28)(H,25,29)/t14?,15-,16-,17+,18-,19?,23?/m0/s1. The van der Waals surface area contributed by atoms with E-state index in [-0.39, 0.29) is 35.5 Å². The Morgan fingerprint density at radius 2 is 1.87 bits per heavy atom. The molecule has 3 unspecified atom stereocenters. The molecule has 1 spiro atoms. The number of carbonyl (C=O) groups is 3. The van der Waals surface area contributed by atoms with Crippen molar-refractivity contribution >= 4 is 29.5 Å². The smallest absolute Gasteiger partial charge is 0.244 e. The third kappa shape index (κ3) is 3.99. The van der Waals surface area contributed by atoms with Crippen molar-refractivity contribution in [3.8, 4) is 0 Å². The second kappa shape index (κ2) is 10.1. The molecule has 0 aromatic carbocycles. The zero-order valence-electron chi connectivity index (χ0n) is 19.4. The molecular formula is C23H39N3O4S. The Kier molecular flexibility index (Phi) is 7.95. The number of fused-ring (bicyclic) bond motifs is 1. The van der Waals surface area contributed by atoms with Crippen LogP contribution in [-0.4, -0.2) is 69.5 Å². The zero-order chi connectivity index (χ0) is 22.8. The van der Waals surface area contributed by atoms with Gasteiger partial charge in [-0.1, -0.05) is 40.5 Å². The molecule has 8 heteroatoms. The first kappa shape index (κ1) is 24.4. The van der Waals surface area contributed by atoms with Crippen LogP contribution in [0.25, 0.3) is 0 Å². The first-order valence-corrected chi connectivity index (χ1v) is 12.9. The maximum absolute atomic E-state index is 13.8. The summed E-state index contributed by atoms with van der Waals surface area (Å²) in [5.41, 5.74) is 0. The molecule has 3 fully saturated rings. The van der Waals surface area contributed by atoms with Gasteiger partial charge in [0, 0.05) is 18.3 Å². The molecule has 0 aliphatic carbocycles. The number of nitrogens with zero attached hydrogens (tertiary/aromatic N) is 1. The summed E-state index contributed by atoms with van der Waals surface area (Å²) in [5.74, 6) is -1.08. The van der Waals surface area contributed by atoms with Gasteiger partial charge in [0.05, 0.1) is 29.2 Å². The third-order valence-corrected chi connectivity index (χ3v) is 9.51. The number of nitrogens with one attached hydrogen (secondary N) is 2. The topological polar surface area (TPSA) is 98.7 Å². The average molecular weight is 454 g/mol. The van der Waals surface area contributed by atoms with Gasteiger partial charge in [-0.05, 0) is 31.6 Å². The highest BCUT2D eigenvalue weighted by Gasteiger charge is 2.76. The summed E-state index contributed by atoms with van der Waals surface area (Å²) in [7, 11) is 0. The molecule has 3 N–H and O–H groups in total. The van der Waals surface area contributed by atoms with Gasteiger partial charge in [0.15, 0.2) is 0 Å². The molecular weight excluding hydrogens is 414 g/mol. The summed E-state index contributed by atoms with van der Waals surface area (Å²) < 4.78 is -0.604. The minimum absolute atomic E-state index is 0.0625. The fourth-order valence-electron chi connectivity index (χ4n) is 5.92. The van der Waals surface area contributed by atoms with E-state index in [0.717, 1.165) is 32.1 Å². The van der Waals surface area contributed by atoms with Crippen LogP contribution in [0.1, 0.15) is 66.2 Å². The molecule has 7 atom stereocenters. The fraction of sp³-hybridized carbons (Fsp3) is 0.870. The van der Waals surface area contributed by atoms with Crippen LogP contribution < -0.4 is 10.6 Å². The number of rotatable bonds is 11. The summed E-state index contributed by atoms with van der Waals surface area (Å²) in [5, 5.41) is 16.2. The monoisotopic (exact) mass is 453 g/mol. The quantitative estimate of drug-likeness (QED) is 0.415. The lowest BCUT2D eigenvalue weighted by atomic mass is 9.66. The number of aliphatic hydroxyl groups excluding tert-OH is 1. The van der Waals surface area contributed by atoms with E-state index in [0.29, 0.717) is 19.5 Å². The van der Waals surface area contributed by atoms with Crippen molar-refractivity contribution in [1.29, 1.82) is 0 Å². The molecule has 176 valence electrons. The summed E-state index contributed by atoms with van der Waals surface area (Å²) in [6, 6.07) is -1.05. The highest BCUT2D eigenvalue weighted by molar-refractivity contribution is 8.02.